The molecule has 2 aromatic rings. The molecule has 10 nitrogen and oxygen atoms in total. The van der Waals surface area contributed by atoms with Crippen LogP contribution in [0, 0.1) is 0 Å². The summed E-state index contributed by atoms with van der Waals surface area (Å²) in [5, 5.41) is 8.29. The van der Waals surface area contributed by atoms with Gasteiger partial charge in [0.1, 0.15) is 0 Å². The van der Waals surface area contributed by atoms with Crippen molar-refractivity contribution in [1.29, 1.82) is 0 Å². The minimum atomic E-state index is -1.20. The van der Waals surface area contributed by atoms with E-state index in [-0.39, 0.29) is 16.9 Å². The Labute approximate surface area is 116 Å². The first-order valence-electron chi connectivity index (χ1n) is 5.35. The molecule has 3 N–H and O–H groups in total. The van der Waals surface area contributed by atoms with Gasteiger partial charge in [0, 0.05) is 12.1 Å². The molecule has 2 heterocycles. The zero-order valence-electron chi connectivity index (χ0n) is 10.7. The van der Waals surface area contributed by atoms with E-state index in [1.54, 1.807) is 0 Å². The van der Waals surface area contributed by atoms with Gasteiger partial charge in [-0.1, -0.05) is 0 Å². The summed E-state index contributed by atoms with van der Waals surface area (Å²) in [4.78, 5) is 53.3. The summed E-state index contributed by atoms with van der Waals surface area (Å²) in [7, 11) is 1.23. The van der Waals surface area contributed by atoms with Gasteiger partial charge < -0.3 is 19.8 Å². The molecule has 0 fully saturated rings. The van der Waals surface area contributed by atoms with Crippen LogP contribution >= 0.6 is 0 Å². The molecule has 0 aliphatic rings. The number of hydrogen-bond donors (Lipinski definition) is 3. The van der Waals surface area contributed by atoms with Crippen LogP contribution in [0.4, 0.5) is 0 Å². The number of hydrogen-bond acceptors (Lipinski definition) is 7. The molecule has 2 aromatic heterocycles. The second-order valence-corrected chi connectivity index (χ2v) is 3.39. The predicted octanol–water partition coefficient (Wildman–Crippen LogP) is -0.975. The van der Waals surface area contributed by atoms with Gasteiger partial charge in [-0.15, -0.1) is 0 Å². The van der Waals surface area contributed by atoms with Gasteiger partial charge in [-0.05, 0) is 0 Å². The van der Waals surface area contributed by atoms with E-state index < -0.39 is 17.5 Å². The molecule has 0 radical (unpaired) electrons. The molecule has 0 bridgehead atoms. The fourth-order valence-electron chi connectivity index (χ4n) is 1.07. The van der Waals surface area contributed by atoms with Crippen molar-refractivity contribution in [3.63, 3.8) is 0 Å². The van der Waals surface area contributed by atoms with Gasteiger partial charge in [-0.2, -0.15) is 0 Å². The summed E-state index contributed by atoms with van der Waals surface area (Å²) in [6.45, 7) is 0. The number of carbonyl (C=O) groups is 2. The minimum absolute atomic E-state index is 0.0104. The molecule has 10 heteroatoms. The Bertz CT molecular complexity index is 750. The number of aromatic amines is 2. The van der Waals surface area contributed by atoms with E-state index in [9.17, 15) is 19.2 Å². The van der Waals surface area contributed by atoms with Gasteiger partial charge in [-0.3, -0.25) is 9.59 Å². The largest absolute Gasteiger partial charge is 0.477 e. The van der Waals surface area contributed by atoms with Crippen molar-refractivity contribution in [2.24, 2.45) is 0 Å². The second kappa shape index (κ2) is 7.33. The van der Waals surface area contributed by atoms with Crippen molar-refractivity contribution in [3.8, 4) is 0 Å². The number of carboxylic acids is 1. The van der Waals surface area contributed by atoms with Crippen molar-refractivity contribution in [3.05, 3.63) is 56.9 Å². The van der Waals surface area contributed by atoms with Crippen molar-refractivity contribution < 1.29 is 19.4 Å². The predicted molar refractivity (Wildman–Crippen MR) is 68.0 cm³/mol. The molecular formula is C11H10N4O6. The highest BCUT2D eigenvalue weighted by molar-refractivity contribution is 5.86. The molecule has 0 saturated heterocycles. The van der Waals surface area contributed by atoms with Crippen LogP contribution in [0.15, 0.2) is 34.4 Å². The van der Waals surface area contributed by atoms with Gasteiger partial charge >= 0.3 is 11.9 Å². The Morgan fingerprint density at radius 2 is 1.52 bits per heavy atom. The topological polar surface area (TPSA) is 155 Å². The average Bonchev–Trinajstić information content (AvgIpc) is 2.47. The highest BCUT2D eigenvalue weighted by Gasteiger charge is 2.05. The number of nitrogens with zero attached hydrogens (tertiary/aromatic N) is 2. The summed E-state index contributed by atoms with van der Waals surface area (Å²) in [6.07, 6.45) is 2.19. The third-order valence-corrected chi connectivity index (χ3v) is 1.97. The fourth-order valence-corrected chi connectivity index (χ4v) is 1.07. The smallest absolute Gasteiger partial charge is 0.356 e. The van der Waals surface area contributed by atoms with Crippen LogP contribution in [-0.2, 0) is 4.74 Å². The van der Waals surface area contributed by atoms with Gasteiger partial charge in [0.05, 0.1) is 19.8 Å². The molecule has 0 aliphatic heterocycles. The number of H-pyrrole nitrogens is 2. The van der Waals surface area contributed by atoms with Gasteiger partial charge in [0.25, 0.3) is 11.1 Å². The van der Waals surface area contributed by atoms with Crippen LogP contribution in [0.2, 0.25) is 0 Å². The summed E-state index contributed by atoms with van der Waals surface area (Å²) in [5.41, 5.74) is -1.08. The Kier molecular flexibility index (Phi) is 5.50. The quantitative estimate of drug-likeness (QED) is 0.597. The molecular weight excluding hydrogens is 284 g/mol. The Morgan fingerprint density at radius 1 is 1.05 bits per heavy atom. The van der Waals surface area contributed by atoms with Crippen LogP contribution in [0.1, 0.15) is 21.0 Å². The lowest BCUT2D eigenvalue weighted by Gasteiger charge is -1.94. The van der Waals surface area contributed by atoms with Crippen LogP contribution < -0.4 is 11.1 Å². The van der Waals surface area contributed by atoms with E-state index in [0.717, 1.165) is 24.8 Å². The van der Waals surface area contributed by atoms with E-state index >= 15 is 0 Å². The van der Waals surface area contributed by atoms with E-state index in [4.69, 9.17) is 5.11 Å². The number of carboxylic acid groups (broad SMARTS) is 1. The van der Waals surface area contributed by atoms with E-state index in [1.165, 1.54) is 7.11 Å². The van der Waals surface area contributed by atoms with Crippen LogP contribution in [0.3, 0.4) is 0 Å². The zero-order valence-corrected chi connectivity index (χ0v) is 10.7. The average molecular weight is 294 g/mol. The number of esters is 1. The van der Waals surface area contributed by atoms with Crippen LogP contribution in [0.5, 0.6) is 0 Å². The number of carbonyl (C=O) groups excluding carboxylic acids is 1. The number of methoxy groups -OCH3 is 1. The van der Waals surface area contributed by atoms with Crippen molar-refractivity contribution in [2.45, 2.75) is 0 Å². The first kappa shape index (κ1) is 15.8. The maximum atomic E-state index is 10.7. The van der Waals surface area contributed by atoms with Crippen LogP contribution in [-0.4, -0.2) is 44.1 Å². The molecule has 0 saturated carbocycles. The summed E-state index contributed by atoms with van der Waals surface area (Å²) in [5.74, 6) is -1.82. The molecule has 0 spiro atoms. The van der Waals surface area contributed by atoms with Crippen molar-refractivity contribution >= 4 is 11.9 Å². The Morgan fingerprint density at radius 3 is 1.90 bits per heavy atom. The van der Waals surface area contributed by atoms with Gasteiger partial charge in [-0.25, -0.2) is 19.6 Å². The number of nitrogens with one attached hydrogen (secondary N) is 2. The van der Waals surface area contributed by atoms with Crippen molar-refractivity contribution in [1.82, 2.24) is 19.9 Å². The van der Waals surface area contributed by atoms with Gasteiger partial charge in [0.2, 0.25) is 0 Å². The maximum absolute atomic E-state index is 10.7. The minimum Gasteiger partial charge on any atom is -0.477 e. The summed E-state index contributed by atoms with van der Waals surface area (Å²) >= 11 is 0. The SMILES string of the molecule is COC(=O)c1cc(=O)[nH]cn1.O=C(O)c1cc(=O)[nH]cn1. The maximum Gasteiger partial charge on any atom is 0.356 e. The third-order valence-electron chi connectivity index (χ3n) is 1.97. The monoisotopic (exact) mass is 294 g/mol. The molecule has 110 valence electrons. The van der Waals surface area contributed by atoms with E-state index in [0.29, 0.717) is 0 Å². The molecule has 0 unspecified atom stereocenters. The van der Waals surface area contributed by atoms with Crippen molar-refractivity contribution in [2.75, 3.05) is 7.11 Å². The molecule has 0 amide bonds. The molecule has 0 aromatic carbocycles. The fraction of sp³-hybridized carbons (Fsp3) is 0.0909. The molecule has 2 rings (SSSR count). The Hall–Kier alpha value is -3.30. The number of aromatic carboxylic acids is 1. The van der Waals surface area contributed by atoms with Gasteiger partial charge in [0.15, 0.2) is 11.4 Å². The lowest BCUT2D eigenvalue weighted by molar-refractivity contribution is 0.0592. The third kappa shape index (κ3) is 5.06. The highest BCUT2D eigenvalue weighted by Crippen LogP contribution is 1.89. The molecule has 0 atom stereocenters. The summed E-state index contributed by atoms with van der Waals surface area (Å²) in [6, 6.07) is 1.99. The van der Waals surface area contributed by atoms with Crippen LogP contribution in [0.25, 0.3) is 0 Å². The number of aromatic nitrogens is 4. The second-order valence-electron chi connectivity index (χ2n) is 3.39. The first-order valence-corrected chi connectivity index (χ1v) is 5.35. The molecule has 21 heavy (non-hydrogen) atoms. The Balaban J connectivity index is 0.000000211. The highest BCUT2D eigenvalue weighted by atomic mass is 16.5. The zero-order chi connectivity index (χ0) is 15.8. The normalized spacial score (nSPS) is 9.19. The first-order chi connectivity index (χ1) is 9.93. The lowest BCUT2D eigenvalue weighted by atomic mass is 10.4. The number of ether oxygens (including phenoxy) is 1. The summed E-state index contributed by atoms with van der Waals surface area (Å²) < 4.78 is 4.34. The standard InChI is InChI=1S/C6H6N2O3.C5H4N2O3/c1-11-6(10)4-2-5(9)8-3-7-4;8-4-1-3(5(9)10)6-2-7-4/h2-3H,1H3,(H,7,8,9);1-2H,(H,9,10)(H,6,7,8). The molecule has 0 aliphatic carbocycles. The van der Waals surface area contributed by atoms with E-state index in [2.05, 4.69) is 24.7 Å². The lowest BCUT2D eigenvalue weighted by Crippen LogP contribution is -2.12. The van der Waals surface area contributed by atoms with E-state index in [1.807, 2.05) is 0 Å². The number of rotatable bonds is 2.